The quantitative estimate of drug-likeness (QED) is 0.463. The lowest BCUT2D eigenvalue weighted by Crippen LogP contribution is -2.17. The zero-order valence-electron chi connectivity index (χ0n) is 15.8. The predicted molar refractivity (Wildman–Crippen MR) is 108 cm³/mol. The van der Waals surface area contributed by atoms with E-state index in [0.29, 0.717) is 24.6 Å². The molecular formula is C21H22N4O3. The number of ether oxygens (including phenoxy) is 2. The maximum atomic E-state index is 12.2. The van der Waals surface area contributed by atoms with E-state index >= 15 is 0 Å². The van der Waals surface area contributed by atoms with Gasteiger partial charge in [-0.05, 0) is 74.0 Å². The number of hydrazone groups is 1. The van der Waals surface area contributed by atoms with Crippen molar-refractivity contribution in [3.8, 4) is 22.8 Å². The van der Waals surface area contributed by atoms with E-state index in [1.54, 1.807) is 12.3 Å². The third kappa shape index (κ3) is 4.97. The molecule has 0 aliphatic rings. The van der Waals surface area contributed by atoms with Crippen molar-refractivity contribution in [1.29, 1.82) is 0 Å². The van der Waals surface area contributed by atoms with Gasteiger partial charge in [0.1, 0.15) is 17.2 Å². The molecule has 7 nitrogen and oxygen atoms in total. The van der Waals surface area contributed by atoms with Gasteiger partial charge in [-0.3, -0.25) is 9.89 Å². The maximum Gasteiger partial charge on any atom is 0.289 e. The first-order valence-corrected chi connectivity index (χ1v) is 9.04. The highest BCUT2D eigenvalue weighted by molar-refractivity contribution is 5.94. The molecule has 0 atom stereocenters. The van der Waals surface area contributed by atoms with Crippen LogP contribution in [0.15, 0.2) is 59.7 Å². The van der Waals surface area contributed by atoms with Crippen molar-refractivity contribution in [3.63, 3.8) is 0 Å². The third-order valence-corrected chi connectivity index (χ3v) is 3.85. The molecule has 0 unspecified atom stereocenters. The van der Waals surface area contributed by atoms with Gasteiger partial charge >= 0.3 is 0 Å². The van der Waals surface area contributed by atoms with Crippen molar-refractivity contribution in [1.82, 2.24) is 15.6 Å². The number of amides is 1. The first-order valence-electron chi connectivity index (χ1n) is 9.04. The van der Waals surface area contributed by atoms with Crippen LogP contribution >= 0.6 is 0 Å². The largest absolute Gasteiger partial charge is 0.494 e. The van der Waals surface area contributed by atoms with Crippen LogP contribution in [0.25, 0.3) is 11.3 Å². The minimum atomic E-state index is -0.369. The van der Waals surface area contributed by atoms with E-state index in [1.165, 1.54) is 0 Å². The zero-order chi connectivity index (χ0) is 19.8. The Morgan fingerprint density at radius 2 is 1.64 bits per heavy atom. The predicted octanol–water partition coefficient (Wildman–Crippen LogP) is 3.64. The number of benzene rings is 2. The zero-order valence-corrected chi connectivity index (χ0v) is 15.8. The lowest BCUT2D eigenvalue weighted by atomic mass is 10.1. The standard InChI is InChI=1S/C21H22N4O3/c1-3-27-17-9-5-15(6-10-17)14-22-25-21(26)20-13-19(23-24-20)16-7-11-18(12-8-16)28-4-2/h5-14H,3-4H2,1-2H3,(H,23,24)(H,25,26). The van der Waals surface area contributed by atoms with E-state index < -0.39 is 0 Å². The molecule has 0 radical (unpaired) electrons. The molecule has 3 rings (SSSR count). The number of aromatic nitrogens is 2. The number of rotatable bonds is 8. The average Bonchev–Trinajstić information content (AvgIpc) is 3.21. The van der Waals surface area contributed by atoms with E-state index in [4.69, 9.17) is 9.47 Å². The Morgan fingerprint density at radius 1 is 1.04 bits per heavy atom. The molecule has 1 heterocycles. The molecular weight excluding hydrogens is 356 g/mol. The summed E-state index contributed by atoms with van der Waals surface area (Å²) in [6.07, 6.45) is 1.57. The van der Waals surface area contributed by atoms with Gasteiger partial charge in [0.05, 0.1) is 25.1 Å². The Morgan fingerprint density at radius 3 is 2.25 bits per heavy atom. The number of nitrogens with one attached hydrogen (secondary N) is 2. The van der Waals surface area contributed by atoms with Crippen LogP contribution in [-0.2, 0) is 0 Å². The second-order valence-electron chi connectivity index (χ2n) is 5.83. The molecule has 1 aromatic heterocycles. The van der Waals surface area contributed by atoms with Crippen LogP contribution < -0.4 is 14.9 Å². The van der Waals surface area contributed by atoms with Gasteiger partial charge in [-0.25, -0.2) is 5.43 Å². The Balaban J connectivity index is 1.59. The Labute approximate surface area is 163 Å². The molecule has 0 saturated carbocycles. The summed E-state index contributed by atoms with van der Waals surface area (Å²) in [4.78, 5) is 12.2. The summed E-state index contributed by atoms with van der Waals surface area (Å²) in [5, 5.41) is 10.9. The highest BCUT2D eigenvalue weighted by atomic mass is 16.5. The van der Waals surface area contributed by atoms with Crippen molar-refractivity contribution < 1.29 is 14.3 Å². The molecule has 2 aromatic carbocycles. The van der Waals surface area contributed by atoms with Crippen LogP contribution in [0.3, 0.4) is 0 Å². The molecule has 144 valence electrons. The Kier molecular flexibility index (Phi) is 6.41. The van der Waals surface area contributed by atoms with Crippen LogP contribution in [0, 0.1) is 0 Å². The second-order valence-corrected chi connectivity index (χ2v) is 5.83. The van der Waals surface area contributed by atoms with Crippen LogP contribution in [-0.4, -0.2) is 35.5 Å². The first-order chi connectivity index (χ1) is 13.7. The number of hydrogen-bond donors (Lipinski definition) is 2. The molecule has 0 spiro atoms. The van der Waals surface area contributed by atoms with E-state index in [-0.39, 0.29) is 5.91 Å². The summed E-state index contributed by atoms with van der Waals surface area (Å²) < 4.78 is 10.8. The SMILES string of the molecule is CCOc1ccc(C=NNC(=O)c2cc(-c3ccc(OCC)cc3)n[nH]2)cc1. The van der Waals surface area contributed by atoms with Gasteiger partial charge in [-0.15, -0.1) is 0 Å². The monoisotopic (exact) mass is 378 g/mol. The average molecular weight is 378 g/mol. The van der Waals surface area contributed by atoms with Gasteiger partial charge < -0.3 is 9.47 Å². The number of carbonyl (C=O) groups is 1. The van der Waals surface area contributed by atoms with Crippen molar-refractivity contribution in [3.05, 3.63) is 65.9 Å². The molecule has 7 heteroatoms. The number of carbonyl (C=O) groups excluding carboxylic acids is 1. The molecule has 28 heavy (non-hydrogen) atoms. The summed E-state index contributed by atoms with van der Waals surface area (Å²) in [6.45, 7) is 5.10. The minimum absolute atomic E-state index is 0.327. The van der Waals surface area contributed by atoms with Crippen molar-refractivity contribution in [2.75, 3.05) is 13.2 Å². The van der Waals surface area contributed by atoms with E-state index in [9.17, 15) is 4.79 Å². The Bertz CT molecular complexity index is 931. The normalized spacial score (nSPS) is 10.8. The first kappa shape index (κ1) is 19.2. The molecule has 0 fully saturated rings. The molecule has 0 bridgehead atoms. The van der Waals surface area contributed by atoms with Crippen LogP contribution in [0.2, 0.25) is 0 Å². The highest BCUT2D eigenvalue weighted by Gasteiger charge is 2.10. The molecule has 0 aliphatic carbocycles. The van der Waals surface area contributed by atoms with Crippen molar-refractivity contribution in [2.45, 2.75) is 13.8 Å². The molecule has 3 aromatic rings. The maximum absolute atomic E-state index is 12.2. The summed E-state index contributed by atoms with van der Waals surface area (Å²) in [7, 11) is 0. The van der Waals surface area contributed by atoms with Gasteiger partial charge in [0.25, 0.3) is 5.91 Å². The lowest BCUT2D eigenvalue weighted by Gasteiger charge is -2.02. The summed E-state index contributed by atoms with van der Waals surface area (Å²) in [6, 6.07) is 16.6. The summed E-state index contributed by atoms with van der Waals surface area (Å²) in [5.41, 5.74) is 5.22. The number of H-pyrrole nitrogens is 1. The van der Waals surface area contributed by atoms with Gasteiger partial charge in [0.15, 0.2) is 0 Å². The van der Waals surface area contributed by atoms with E-state index in [2.05, 4.69) is 20.7 Å². The molecule has 0 saturated heterocycles. The van der Waals surface area contributed by atoms with Crippen LogP contribution in [0.4, 0.5) is 0 Å². The fraction of sp³-hybridized carbons (Fsp3) is 0.190. The summed E-state index contributed by atoms with van der Waals surface area (Å²) >= 11 is 0. The van der Waals surface area contributed by atoms with Crippen molar-refractivity contribution in [2.24, 2.45) is 5.10 Å². The number of hydrogen-bond acceptors (Lipinski definition) is 5. The van der Waals surface area contributed by atoms with E-state index in [1.807, 2.05) is 62.4 Å². The Hall–Kier alpha value is -3.61. The fourth-order valence-corrected chi connectivity index (χ4v) is 2.52. The fourth-order valence-electron chi connectivity index (χ4n) is 2.52. The molecule has 0 aliphatic heterocycles. The van der Waals surface area contributed by atoms with Crippen LogP contribution in [0.5, 0.6) is 11.5 Å². The van der Waals surface area contributed by atoms with Gasteiger partial charge in [0.2, 0.25) is 0 Å². The van der Waals surface area contributed by atoms with Crippen molar-refractivity contribution >= 4 is 12.1 Å². The number of aromatic amines is 1. The smallest absolute Gasteiger partial charge is 0.289 e. The highest BCUT2D eigenvalue weighted by Crippen LogP contribution is 2.21. The number of nitrogens with zero attached hydrogens (tertiary/aromatic N) is 2. The molecule has 2 N–H and O–H groups in total. The van der Waals surface area contributed by atoms with Gasteiger partial charge in [-0.2, -0.15) is 10.2 Å². The van der Waals surface area contributed by atoms with Crippen LogP contribution in [0.1, 0.15) is 29.9 Å². The minimum Gasteiger partial charge on any atom is -0.494 e. The second kappa shape index (κ2) is 9.36. The van der Waals surface area contributed by atoms with Gasteiger partial charge in [0, 0.05) is 5.56 Å². The van der Waals surface area contributed by atoms with Gasteiger partial charge in [-0.1, -0.05) is 0 Å². The third-order valence-electron chi connectivity index (χ3n) is 3.85. The van der Waals surface area contributed by atoms with E-state index in [0.717, 1.165) is 22.6 Å². The topological polar surface area (TPSA) is 88.6 Å². The summed E-state index contributed by atoms with van der Waals surface area (Å²) in [5.74, 6) is 1.22. The lowest BCUT2D eigenvalue weighted by molar-refractivity contribution is 0.0950. The molecule has 1 amide bonds.